The molecule has 0 amide bonds. The van der Waals surface area contributed by atoms with E-state index in [1.165, 1.54) is 6.20 Å². The lowest BCUT2D eigenvalue weighted by Crippen LogP contribution is -2.38. The molecule has 0 spiro atoms. The van der Waals surface area contributed by atoms with Crippen molar-refractivity contribution in [1.29, 1.82) is 0 Å². The first-order chi connectivity index (χ1) is 7.19. The Bertz CT molecular complexity index is 431. The Balaban J connectivity index is 2.55. The lowest BCUT2D eigenvalue weighted by atomic mass is 9.96. The number of halogens is 1. The zero-order valence-corrected chi connectivity index (χ0v) is 8.25. The molecule has 0 aromatic heterocycles. The second-order valence-electron chi connectivity index (χ2n) is 3.36. The molecule has 1 aliphatic heterocycles. The van der Waals surface area contributed by atoms with Crippen LogP contribution in [0.4, 0.5) is 10.1 Å². The van der Waals surface area contributed by atoms with Gasteiger partial charge < -0.3 is 10.6 Å². The normalized spacial score (nSPS) is 22.8. The number of nitrogens with one attached hydrogen (secondary N) is 2. The number of hydrogen-bond acceptors (Lipinski definition) is 3. The summed E-state index contributed by atoms with van der Waals surface area (Å²) in [6, 6.07) is 5.13. The minimum Gasteiger partial charge on any atom is -0.388 e. The number of alkyl halides is 1. The van der Waals surface area contributed by atoms with E-state index in [2.05, 4.69) is 10.6 Å². The predicted molar refractivity (Wildman–Crippen MR) is 57.0 cm³/mol. The van der Waals surface area contributed by atoms with E-state index in [1.54, 1.807) is 31.3 Å². The highest BCUT2D eigenvalue weighted by Gasteiger charge is 2.34. The van der Waals surface area contributed by atoms with E-state index < -0.39 is 5.79 Å². The maximum atomic E-state index is 14.0. The first kappa shape index (κ1) is 9.71. The minimum absolute atomic E-state index is 0.272. The standard InChI is InChI=1S/C11H11FN2O/c1-13-9-2-3-10-8(6-9)4-5-14-11(10,12)7-15/h2-7,13-14H,1H3. The minimum atomic E-state index is -2.10. The van der Waals surface area contributed by atoms with Crippen LogP contribution in [-0.4, -0.2) is 13.3 Å². The Labute approximate surface area is 87.0 Å². The van der Waals surface area contributed by atoms with Crippen molar-refractivity contribution in [3.8, 4) is 0 Å². The van der Waals surface area contributed by atoms with Crippen molar-refractivity contribution in [2.24, 2.45) is 0 Å². The van der Waals surface area contributed by atoms with E-state index in [4.69, 9.17) is 0 Å². The van der Waals surface area contributed by atoms with Gasteiger partial charge in [-0.25, -0.2) is 4.39 Å². The van der Waals surface area contributed by atoms with Gasteiger partial charge in [0.2, 0.25) is 0 Å². The zero-order valence-electron chi connectivity index (χ0n) is 8.25. The van der Waals surface area contributed by atoms with Gasteiger partial charge in [-0.05, 0) is 23.8 Å². The Morgan fingerprint density at radius 3 is 3.00 bits per heavy atom. The van der Waals surface area contributed by atoms with Crippen LogP contribution in [0.3, 0.4) is 0 Å². The third-order valence-corrected chi connectivity index (χ3v) is 2.45. The van der Waals surface area contributed by atoms with Crippen LogP contribution in [0.2, 0.25) is 0 Å². The lowest BCUT2D eigenvalue weighted by molar-refractivity contribution is -0.119. The number of aldehydes is 1. The molecule has 1 aromatic rings. The van der Waals surface area contributed by atoms with E-state index in [9.17, 15) is 9.18 Å². The average Bonchev–Trinajstić information content (AvgIpc) is 2.29. The number of carbonyl (C=O) groups excluding carboxylic acids is 1. The van der Waals surface area contributed by atoms with E-state index in [1.807, 2.05) is 0 Å². The summed E-state index contributed by atoms with van der Waals surface area (Å²) in [5, 5.41) is 5.36. The highest BCUT2D eigenvalue weighted by atomic mass is 19.1. The molecular weight excluding hydrogens is 195 g/mol. The number of rotatable bonds is 2. The Hall–Kier alpha value is -1.84. The second-order valence-corrected chi connectivity index (χ2v) is 3.36. The van der Waals surface area contributed by atoms with E-state index in [0.717, 1.165) is 5.69 Å². The summed E-state index contributed by atoms with van der Waals surface area (Å²) in [5.41, 5.74) is 1.93. The van der Waals surface area contributed by atoms with Crippen molar-refractivity contribution < 1.29 is 9.18 Å². The van der Waals surface area contributed by atoms with Crippen LogP contribution in [0, 0.1) is 0 Å². The predicted octanol–water partition coefficient (Wildman–Crippen LogP) is 1.62. The molecule has 1 atom stereocenters. The third-order valence-electron chi connectivity index (χ3n) is 2.45. The molecule has 0 aliphatic carbocycles. The smallest absolute Gasteiger partial charge is 0.262 e. The summed E-state index contributed by atoms with van der Waals surface area (Å²) in [6.07, 6.45) is 3.45. The van der Waals surface area contributed by atoms with Crippen LogP contribution < -0.4 is 10.6 Å². The van der Waals surface area contributed by atoms with Crippen molar-refractivity contribution in [3.05, 3.63) is 35.5 Å². The summed E-state index contributed by atoms with van der Waals surface area (Å²) in [5.74, 6) is -2.10. The molecule has 2 rings (SSSR count). The van der Waals surface area contributed by atoms with Gasteiger partial charge in [0.15, 0.2) is 6.29 Å². The van der Waals surface area contributed by atoms with Crippen molar-refractivity contribution >= 4 is 18.0 Å². The molecule has 1 aromatic carbocycles. The number of anilines is 1. The van der Waals surface area contributed by atoms with Gasteiger partial charge in [0, 0.05) is 24.5 Å². The summed E-state index contributed by atoms with van der Waals surface area (Å²) >= 11 is 0. The van der Waals surface area contributed by atoms with E-state index in [-0.39, 0.29) is 6.29 Å². The number of carbonyl (C=O) groups is 1. The Morgan fingerprint density at radius 1 is 1.53 bits per heavy atom. The molecule has 0 radical (unpaired) electrons. The summed E-state index contributed by atoms with van der Waals surface area (Å²) in [6.45, 7) is 0. The summed E-state index contributed by atoms with van der Waals surface area (Å²) in [7, 11) is 1.79. The number of benzene rings is 1. The van der Waals surface area contributed by atoms with Crippen molar-refractivity contribution in [3.63, 3.8) is 0 Å². The molecule has 0 fully saturated rings. The quantitative estimate of drug-likeness (QED) is 0.570. The van der Waals surface area contributed by atoms with E-state index >= 15 is 0 Å². The fraction of sp³-hybridized carbons (Fsp3) is 0.182. The van der Waals surface area contributed by atoms with Gasteiger partial charge in [0.05, 0.1) is 0 Å². The maximum Gasteiger partial charge on any atom is 0.262 e. The molecule has 4 heteroatoms. The van der Waals surface area contributed by atoms with Crippen molar-refractivity contribution in [2.45, 2.75) is 5.79 Å². The van der Waals surface area contributed by atoms with Gasteiger partial charge in [-0.1, -0.05) is 6.07 Å². The first-order valence-electron chi connectivity index (χ1n) is 4.61. The Kier molecular flexibility index (Phi) is 2.19. The molecule has 0 saturated carbocycles. The highest BCUT2D eigenvalue weighted by molar-refractivity contribution is 5.74. The zero-order chi connectivity index (χ0) is 10.9. The molecule has 2 N–H and O–H groups in total. The lowest BCUT2D eigenvalue weighted by Gasteiger charge is -2.25. The molecule has 15 heavy (non-hydrogen) atoms. The molecule has 78 valence electrons. The summed E-state index contributed by atoms with van der Waals surface area (Å²) in [4.78, 5) is 10.7. The van der Waals surface area contributed by atoms with Gasteiger partial charge in [-0.2, -0.15) is 0 Å². The first-order valence-corrected chi connectivity index (χ1v) is 4.61. The van der Waals surface area contributed by atoms with Crippen LogP contribution in [-0.2, 0) is 10.6 Å². The number of fused-ring (bicyclic) bond motifs is 1. The second kappa shape index (κ2) is 3.38. The van der Waals surface area contributed by atoms with Crippen molar-refractivity contribution in [1.82, 2.24) is 5.32 Å². The molecular formula is C11H11FN2O. The van der Waals surface area contributed by atoms with E-state index in [0.29, 0.717) is 11.1 Å². The van der Waals surface area contributed by atoms with Gasteiger partial charge >= 0.3 is 0 Å². The highest BCUT2D eigenvalue weighted by Crippen LogP contribution is 2.30. The molecule has 3 nitrogen and oxygen atoms in total. The van der Waals surface area contributed by atoms with Gasteiger partial charge in [-0.15, -0.1) is 0 Å². The monoisotopic (exact) mass is 206 g/mol. The molecule has 1 heterocycles. The molecule has 1 aliphatic rings. The third kappa shape index (κ3) is 1.48. The Morgan fingerprint density at radius 2 is 2.33 bits per heavy atom. The van der Waals surface area contributed by atoms with Crippen LogP contribution in [0.5, 0.6) is 0 Å². The van der Waals surface area contributed by atoms with Crippen LogP contribution in [0.25, 0.3) is 6.08 Å². The van der Waals surface area contributed by atoms with Gasteiger partial charge in [0.1, 0.15) is 0 Å². The molecule has 0 bridgehead atoms. The topological polar surface area (TPSA) is 41.1 Å². The maximum absolute atomic E-state index is 14.0. The van der Waals surface area contributed by atoms with Gasteiger partial charge in [0.25, 0.3) is 5.79 Å². The van der Waals surface area contributed by atoms with Crippen LogP contribution in [0.15, 0.2) is 24.4 Å². The van der Waals surface area contributed by atoms with Crippen molar-refractivity contribution in [2.75, 3.05) is 12.4 Å². The molecule has 1 unspecified atom stereocenters. The average molecular weight is 206 g/mol. The van der Waals surface area contributed by atoms with Crippen LogP contribution in [0.1, 0.15) is 11.1 Å². The summed E-state index contributed by atoms with van der Waals surface area (Å²) < 4.78 is 14.0. The van der Waals surface area contributed by atoms with Crippen LogP contribution >= 0.6 is 0 Å². The van der Waals surface area contributed by atoms with Gasteiger partial charge in [-0.3, -0.25) is 4.79 Å². The number of hydrogen-bond donors (Lipinski definition) is 2. The molecule has 0 saturated heterocycles. The fourth-order valence-electron chi connectivity index (χ4n) is 1.62. The SMILES string of the molecule is CNc1ccc2c(c1)C=CNC2(F)C=O. The fourth-order valence-corrected chi connectivity index (χ4v) is 1.62. The largest absolute Gasteiger partial charge is 0.388 e.